The molecule has 0 aliphatic carbocycles. The van der Waals surface area contributed by atoms with Crippen LogP contribution in [-0.2, 0) is 16.0 Å². The highest BCUT2D eigenvalue weighted by Gasteiger charge is 2.17. The molecule has 0 saturated heterocycles. The van der Waals surface area contributed by atoms with Crippen LogP contribution in [0.25, 0.3) is 0 Å². The summed E-state index contributed by atoms with van der Waals surface area (Å²) in [6.07, 6.45) is 1.00. The number of rotatable bonds is 9. The SMILES string of the molecule is CCOc1ccc(CCC(=O)N(CCC(=O)O)C(C)C)cc1. The second-order valence-corrected chi connectivity index (χ2v) is 5.40. The van der Waals surface area contributed by atoms with E-state index in [1.165, 1.54) is 0 Å². The zero-order valence-electron chi connectivity index (χ0n) is 13.5. The summed E-state index contributed by atoms with van der Waals surface area (Å²) in [7, 11) is 0. The molecule has 1 aromatic carbocycles. The van der Waals surface area contributed by atoms with Crippen molar-refractivity contribution in [1.29, 1.82) is 0 Å². The number of ether oxygens (including phenoxy) is 1. The zero-order chi connectivity index (χ0) is 16.5. The summed E-state index contributed by atoms with van der Waals surface area (Å²) in [5.41, 5.74) is 1.07. The van der Waals surface area contributed by atoms with Crippen molar-refractivity contribution in [2.75, 3.05) is 13.2 Å². The van der Waals surface area contributed by atoms with E-state index in [1.807, 2.05) is 45.0 Å². The van der Waals surface area contributed by atoms with Gasteiger partial charge in [0.1, 0.15) is 5.75 Å². The van der Waals surface area contributed by atoms with Crippen LogP contribution in [0.4, 0.5) is 0 Å². The molecule has 0 radical (unpaired) electrons. The smallest absolute Gasteiger partial charge is 0.305 e. The maximum atomic E-state index is 12.2. The van der Waals surface area contributed by atoms with Crippen LogP contribution >= 0.6 is 0 Å². The predicted octanol–water partition coefficient (Wildman–Crippen LogP) is 2.73. The van der Waals surface area contributed by atoms with Gasteiger partial charge in [-0.2, -0.15) is 0 Å². The first-order valence-corrected chi connectivity index (χ1v) is 7.67. The predicted molar refractivity (Wildman–Crippen MR) is 85.0 cm³/mol. The second kappa shape index (κ2) is 9.07. The maximum absolute atomic E-state index is 12.2. The molecular weight excluding hydrogens is 282 g/mol. The Labute approximate surface area is 131 Å². The van der Waals surface area contributed by atoms with E-state index in [0.717, 1.165) is 11.3 Å². The minimum atomic E-state index is -0.884. The van der Waals surface area contributed by atoms with Gasteiger partial charge in [0.2, 0.25) is 5.91 Å². The van der Waals surface area contributed by atoms with E-state index in [2.05, 4.69) is 0 Å². The molecule has 0 bridgehead atoms. The molecule has 1 amide bonds. The number of carbonyl (C=O) groups is 2. The molecular formula is C17H25NO4. The summed E-state index contributed by atoms with van der Waals surface area (Å²) < 4.78 is 5.38. The molecule has 1 rings (SSSR count). The fourth-order valence-corrected chi connectivity index (χ4v) is 2.20. The van der Waals surface area contributed by atoms with Crippen molar-refractivity contribution in [3.63, 3.8) is 0 Å². The quantitative estimate of drug-likeness (QED) is 0.762. The number of aryl methyl sites for hydroxylation is 1. The summed E-state index contributed by atoms with van der Waals surface area (Å²) in [4.78, 5) is 24.5. The van der Waals surface area contributed by atoms with Gasteiger partial charge in [-0.15, -0.1) is 0 Å². The lowest BCUT2D eigenvalue weighted by Crippen LogP contribution is -2.38. The Morgan fingerprint density at radius 3 is 2.32 bits per heavy atom. The van der Waals surface area contributed by atoms with Crippen molar-refractivity contribution in [1.82, 2.24) is 4.90 Å². The fraction of sp³-hybridized carbons (Fsp3) is 0.529. The van der Waals surface area contributed by atoms with Gasteiger partial charge in [0.05, 0.1) is 13.0 Å². The molecule has 0 saturated carbocycles. The van der Waals surface area contributed by atoms with Gasteiger partial charge < -0.3 is 14.7 Å². The molecule has 0 unspecified atom stereocenters. The van der Waals surface area contributed by atoms with Gasteiger partial charge in [0.15, 0.2) is 0 Å². The van der Waals surface area contributed by atoms with Crippen molar-refractivity contribution in [3.8, 4) is 5.75 Å². The molecule has 1 N–H and O–H groups in total. The van der Waals surface area contributed by atoms with Crippen LogP contribution in [0.15, 0.2) is 24.3 Å². The Balaban J connectivity index is 2.53. The summed E-state index contributed by atoms with van der Waals surface area (Å²) in [6.45, 7) is 6.62. The van der Waals surface area contributed by atoms with Crippen LogP contribution in [0, 0.1) is 0 Å². The zero-order valence-corrected chi connectivity index (χ0v) is 13.5. The van der Waals surface area contributed by atoms with Crippen molar-refractivity contribution in [2.45, 2.75) is 46.1 Å². The molecule has 5 nitrogen and oxygen atoms in total. The first-order valence-electron chi connectivity index (χ1n) is 7.67. The largest absolute Gasteiger partial charge is 0.494 e. The number of benzene rings is 1. The average molecular weight is 307 g/mol. The van der Waals surface area contributed by atoms with Gasteiger partial charge in [0, 0.05) is 19.0 Å². The van der Waals surface area contributed by atoms with Crippen molar-refractivity contribution < 1.29 is 19.4 Å². The van der Waals surface area contributed by atoms with E-state index in [1.54, 1.807) is 4.90 Å². The number of hydrogen-bond donors (Lipinski definition) is 1. The first kappa shape index (κ1) is 18.0. The molecule has 1 aromatic rings. The van der Waals surface area contributed by atoms with Gasteiger partial charge in [0.25, 0.3) is 0 Å². The number of carbonyl (C=O) groups excluding carboxylic acids is 1. The second-order valence-electron chi connectivity index (χ2n) is 5.40. The van der Waals surface area contributed by atoms with Crippen molar-refractivity contribution in [2.24, 2.45) is 0 Å². The van der Waals surface area contributed by atoms with Gasteiger partial charge in [-0.05, 0) is 44.9 Å². The monoisotopic (exact) mass is 307 g/mol. The highest BCUT2D eigenvalue weighted by atomic mass is 16.5. The fourth-order valence-electron chi connectivity index (χ4n) is 2.20. The van der Waals surface area contributed by atoms with Crippen LogP contribution < -0.4 is 4.74 Å². The van der Waals surface area contributed by atoms with E-state index in [4.69, 9.17) is 9.84 Å². The van der Waals surface area contributed by atoms with Crippen LogP contribution in [0.5, 0.6) is 5.75 Å². The Morgan fingerprint density at radius 1 is 1.18 bits per heavy atom. The van der Waals surface area contributed by atoms with E-state index < -0.39 is 5.97 Å². The third-order valence-corrected chi connectivity index (χ3v) is 3.37. The summed E-state index contributed by atoms with van der Waals surface area (Å²) in [6, 6.07) is 7.71. The molecule has 0 aliphatic rings. The number of carboxylic acids is 1. The standard InChI is InChI=1S/C17H25NO4/c1-4-22-15-8-5-14(6-9-15)7-10-16(19)18(13(2)3)12-11-17(20)21/h5-6,8-9,13H,4,7,10-12H2,1-3H3,(H,20,21). The number of hydrogen-bond acceptors (Lipinski definition) is 3. The molecule has 0 fully saturated rings. The van der Waals surface area contributed by atoms with E-state index >= 15 is 0 Å². The molecule has 0 aromatic heterocycles. The minimum Gasteiger partial charge on any atom is -0.494 e. The van der Waals surface area contributed by atoms with Gasteiger partial charge in [-0.1, -0.05) is 12.1 Å². The minimum absolute atomic E-state index is 0.00665. The van der Waals surface area contributed by atoms with Crippen LogP contribution in [-0.4, -0.2) is 41.1 Å². The Kier molecular flexibility index (Phi) is 7.43. The highest BCUT2D eigenvalue weighted by Crippen LogP contribution is 2.14. The Hall–Kier alpha value is -2.04. The van der Waals surface area contributed by atoms with Gasteiger partial charge in [-0.25, -0.2) is 0 Å². The summed E-state index contributed by atoms with van der Waals surface area (Å²) >= 11 is 0. The number of carboxylic acid groups (broad SMARTS) is 1. The molecule has 5 heteroatoms. The van der Waals surface area contributed by atoms with E-state index in [-0.39, 0.29) is 24.9 Å². The first-order chi connectivity index (χ1) is 10.4. The highest BCUT2D eigenvalue weighted by molar-refractivity contribution is 5.77. The van der Waals surface area contributed by atoms with Crippen LogP contribution in [0.2, 0.25) is 0 Å². The van der Waals surface area contributed by atoms with Gasteiger partial charge in [-0.3, -0.25) is 9.59 Å². The lowest BCUT2D eigenvalue weighted by molar-refractivity contribution is -0.139. The maximum Gasteiger partial charge on any atom is 0.305 e. The third kappa shape index (κ3) is 6.16. The Morgan fingerprint density at radius 2 is 1.82 bits per heavy atom. The number of amides is 1. The van der Waals surface area contributed by atoms with Gasteiger partial charge >= 0.3 is 5.97 Å². The summed E-state index contributed by atoms with van der Waals surface area (Å²) in [5.74, 6) is -0.0714. The topological polar surface area (TPSA) is 66.8 Å². The van der Waals surface area contributed by atoms with Crippen molar-refractivity contribution >= 4 is 11.9 Å². The average Bonchev–Trinajstić information content (AvgIpc) is 2.46. The molecule has 0 heterocycles. The Bertz CT molecular complexity index is 482. The molecule has 0 aliphatic heterocycles. The van der Waals surface area contributed by atoms with Crippen LogP contribution in [0.3, 0.4) is 0 Å². The van der Waals surface area contributed by atoms with E-state index in [0.29, 0.717) is 19.4 Å². The molecule has 22 heavy (non-hydrogen) atoms. The molecule has 0 atom stereocenters. The van der Waals surface area contributed by atoms with Crippen LogP contribution in [0.1, 0.15) is 39.2 Å². The summed E-state index contributed by atoms with van der Waals surface area (Å²) in [5, 5.41) is 8.75. The normalized spacial score (nSPS) is 10.5. The number of nitrogens with zero attached hydrogens (tertiary/aromatic N) is 1. The number of aliphatic carboxylic acids is 1. The lowest BCUT2D eigenvalue weighted by atomic mass is 10.1. The molecule has 122 valence electrons. The molecule has 0 spiro atoms. The third-order valence-electron chi connectivity index (χ3n) is 3.37. The lowest BCUT2D eigenvalue weighted by Gasteiger charge is -2.26. The van der Waals surface area contributed by atoms with Crippen molar-refractivity contribution in [3.05, 3.63) is 29.8 Å². The van der Waals surface area contributed by atoms with E-state index in [9.17, 15) is 9.59 Å².